The maximum atomic E-state index is 12.2. The van der Waals surface area contributed by atoms with Crippen molar-refractivity contribution in [3.63, 3.8) is 0 Å². The number of halogens is 1. The van der Waals surface area contributed by atoms with Gasteiger partial charge in [-0.2, -0.15) is 0 Å². The summed E-state index contributed by atoms with van der Waals surface area (Å²) in [7, 11) is 0. The highest BCUT2D eigenvalue weighted by molar-refractivity contribution is 8.00. The molecule has 0 saturated heterocycles. The van der Waals surface area contributed by atoms with Gasteiger partial charge in [-0.25, -0.2) is 4.98 Å². The van der Waals surface area contributed by atoms with E-state index in [9.17, 15) is 9.59 Å². The van der Waals surface area contributed by atoms with Gasteiger partial charge in [0.2, 0.25) is 0 Å². The Kier molecular flexibility index (Phi) is 4.46. The van der Waals surface area contributed by atoms with Gasteiger partial charge in [0.15, 0.2) is 10.9 Å². The van der Waals surface area contributed by atoms with E-state index in [1.54, 1.807) is 31.2 Å². The number of Topliss-reactive ketones (excluding diaryl/α,β-unsaturated/α-hetero) is 1. The number of thioether (sulfide) groups is 1. The van der Waals surface area contributed by atoms with Crippen molar-refractivity contribution in [2.24, 2.45) is 0 Å². The number of hydrogen-bond acceptors (Lipinski definition) is 5. The predicted molar refractivity (Wildman–Crippen MR) is 80.4 cm³/mol. The zero-order valence-electron chi connectivity index (χ0n) is 10.6. The Hall–Kier alpha value is -1.79. The number of ketones is 1. The standard InChI is InChI=1S/C13H12ClN3O2S/c1-7(12(19)8-3-2-4-9(14)5-8)20-13-16-10(15)6-11(18)17-13/h2-7H,1H3,(H3,15,16,17,18)/t7-/m1/s1. The molecule has 104 valence electrons. The summed E-state index contributed by atoms with van der Waals surface area (Å²) in [6.45, 7) is 1.73. The number of hydrogen-bond donors (Lipinski definition) is 2. The van der Waals surface area contributed by atoms with Gasteiger partial charge in [-0.05, 0) is 19.1 Å². The molecular weight excluding hydrogens is 298 g/mol. The maximum absolute atomic E-state index is 12.2. The fraction of sp³-hybridized carbons (Fsp3) is 0.154. The predicted octanol–water partition coefficient (Wildman–Crippen LogP) is 2.37. The lowest BCUT2D eigenvalue weighted by molar-refractivity contribution is 0.0994. The molecular formula is C13H12ClN3O2S. The third kappa shape index (κ3) is 3.61. The first-order valence-corrected chi connectivity index (χ1v) is 7.05. The van der Waals surface area contributed by atoms with Crippen LogP contribution < -0.4 is 11.3 Å². The summed E-state index contributed by atoms with van der Waals surface area (Å²) in [5.41, 5.74) is 5.67. The van der Waals surface area contributed by atoms with Crippen molar-refractivity contribution in [1.29, 1.82) is 0 Å². The minimum atomic E-state index is -0.418. The van der Waals surface area contributed by atoms with Crippen molar-refractivity contribution >= 4 is 35.0 Å². The van der Waals surface area contributed by atoms with Crippen LogP contribution in [0.5, 0.6) is 0 Å². The summed E-state index contributed by atoms with van der Waals surface area (Å²) in [5, 5.41) is 0.403. The van der Waals surface area contributed by atoms with Crippen LogP contribution in [0.3, 0.4) is 0 Å². The van der Waals surface area contributed by atoms with E-state index in [4.69, 9.17) is 17.3 Å². The van der Waals surface area contributed by atoms with Crippen LogP contribution in [0.25, 0.3) is 0 Å². The van der Waals surface area contributed by atoms with Gasteiger partial charge in [0, 0.05) is 16.7 Å². The normalized spacial score (nSPS) is 12.1. The molecule has 0 saturated carbocycles. The number of carbonyl (C=O) groups is 1. The average Bonchev–Trinajstić information content (AvgIpc) is 2.36. The molecule has 0 radical (unpaired) electrons. The van der Waals surface area contributed by atoms with Crippen LogP contribution in [0.4, 0.5) is 5.82 Å². The van der Waals surface area contributed by atoms with Gasteiger partial charge >= 0.3 is 0 Å². The lowest BCUT2D eigenvalue weighted by Crippen LogP contribution is -2.16. The quantitative estimate of drug-likeness (QED) is 0.514. The SMILES string of the molecule is C[C@@H](Sc1nc(N)cc(=O)[nH]1)C(=O)c1cccc(Cl)c1. The van der Waals surface area contributed by atoms with Gasteiger partial charge in [0.05, 0.1) is 5.25 Å². The molecule has 0 spiro atoms. The molecule has 1 aromatic heterocycles. The van der Waals surface area contributed by atoms with Crippen LogP contribution in [0, 0.1) is 0 Å². The van der Waals surface area contributed by atoms with E-state index in [-0.39, 0.29) is 17.2 Å². The largest absolute Gasteiger partial charge is 0.383 e. The second-order valence-electron chi connectivity index (χ2n) is 4.11. The van der Waals surface area contributed by atoms with Crippen LogP contribution in [0.15, 0.2) is 40.3 Å². The van der Waals surface area contributed by atoms with Crippen LogP contribution >= 0.6 is 23.4 Å². The average molecular weight is 310 g/mol. The number of aromatic nitrogens is 2. The molecule has 0 bridgehead atoms. The van der Waals surface area contributed by atoms with Crippen molar-refractivity contribution in [3.8, 4) is 0 Å². The zero-order valence-corrected chi connectivity index (χ0v) is 12.2. The molecule has 0 aliphatic heterocycles. The van der Waals surface area contributed by atoms with Crippen molar-refractivity contribution in [2.75, 3.05) is 5.73 Å². The number of benzene rings is 1. The first-order chi connectivity index (χ1) is 9.45. The molecule has 5 nitrogen and oxygen atoms in total. The Morgan fingerprint density at radius 3 is 2.85 bits per heavy atom. The molecule has 0 fully saturated rings. The third-order valence-electron chi connectivity index (χ3n) is 2.51. The Labute approximate surface area is 124 Å². The molecule has 0 aliphatic carbocycles. The topological polar surface area (TPSA) is 88.8 Å². The number of nitrogens with zero attached hydrogens (tertiary/aromatic N) is 1. The molecule has 1 atom stereocenters. The third-order valence-corrected chi connectivity index (χ3v) is 3.73. The second kappa shape index (κ2) is 6.11. The monoisotopic (exact) mass is 309 g/mol. The Bertz CT molecular complexity index is 702. The fourth-order valence-corrected chi connectivity index (χ4v) is 2.69. The van der Waals surface area contributed by atoms with E-state index in [2.05, 4.69) is 9.97 Å². The fourth-order valence-electron chi connectivity index (χ4n) is 1.61. The van der Waals surface area contributed by atoms with Gasteiger partial charge in [-0.1, -0.05) is 35.5 Å². The van der Waals surface area contributed by atoms with E-state index in [0.29, 0.717) is 15.7 Å². The van der Waals surface area contributed by atoms with Crippen LogP contribution in [0.2, 0.25) is 5.02 Å². The maximum Gasteiger partial charge on any atom is 0.253 e. The van der Waals surface area contributed by atoms with E-state index in [1.165, 1.54) is 6.07 Å². The smallest absolute Gasteiger partial charge is 0.253 e. The van der Waals surface area contributed by atoms with E-state index < -0.39 is 5.25 Å². The number of rotatable bonds is 4. The second-order valence-corrected chi connectivity index (χ2v) is 5.88. The minimum absolute atomic E-state index is 0.0948. The zero-order chi connectivity index (χ0) is 14.7. The van der Waals surface area contributed by atoms with Gasteiger partial charge < -0.3 is 10.7 Å². The van der Waals surface area contributed by atoms with Crippen molar-refractivity contribution < 1.29 is 4.79 Å². The minimum Gasteiger partial charge on any atom is -0.383 e. The van der Waals surface area contributed by atoms with Gasteiger partial charge in [-0.15, -0.1) is 0 Å². The lowest BCUT2D eigenvalue weighted by Gasteiger charge is -2.09. The van der Waals surface area contributed by atoms with Crippen molar-refractivity contribution in [3.05, 3.63) is 51.3 Å². The van der Waals surface area contributed by atoms with E-state index >= 15 is 0 Å². The number of nitrogen functional groups attached to an aromatic ring is 1. The molecule has 1 aromatic carbocycles. The highest BCUT2D eigenvalue weighted by Gasteiger charge is 2.18. The number of nitrogens with two attached hydrogens (primary N) is 1. The van der Waals surface area contributed by atoms with Gasteiger partial charge in [0.1, 0.15) is 5.82 Å². The highest BCUT2D eigenvalue weighted by Crippen LogP contribution is 2.23. The van der Waals surface area contributed by atoms with Gasteiger partial charge in [0.25, 0.3) is 5.56 Å². The Morgan fingerprint density at radius 2 is 2.20 bits per heavy atom. The summed E-state index contributed by atoms with van der Waals surface area (Å²) in [4.78, 5) is 30.0. The summed E-state index contributed by atoms with van der Waals surface area (Å²) >= 11 is 7.00. The van der Waals surface area contributed by atoms with E-state index in [1.807, 2.05) is 0 Å². The molecule has 0 unspecified atom stereocenters. The Morgan fingerprint density at radius 1 is 1.45 bits per heavy atom. The molecule has 7 heteroatoms. The van der Waals surface area contributed by atoms with Crippen LogP contribution in [0.1, 0.15) is 17.3 Å². The summed E-state index contributed by atoms with van der Waals surface area (Å²) < 4.78 is 0. The number of H-pyrrole nitrogens is 1. The van der Waals surface area contributed by atoms with Crippen LogP contribution in [-0.4, -0.2) is 21.0 Å². The molecule has 1 heterocycles. The summed E-state index contributed by atoms with van der Waals surface area (Å²) in [6, 6.07) is 7.91. The summed E-state index contributed by atoms with van der Waals surface area (Å²) in [6.07, 6.45) is 0. The van der Waals surface area contributed by atoms with E-state index in [0.717, 1.165) is 11.8 Å². The van der Waals surface area contributed by atoms with Crippen molar-refractivity contribution in [2.45, 2.75) is 17.3 Å². The Balaban J connectivity index is 2.17. The number of anilines is 1. The molecule has 20 heavy (non-hydrogen) atoms. The molecule has 2 aromatic rings. The van der Waals surface area contributed by atoms with Crippen molar-refractivity contribution in [1.82, 2.24) is 9.97 Å². The van der Waals surface area contributed by atoms with Gasteiger partial charge in [-0.3, -0.25) is 9.59 Å². The molecule has 0 aliphatic rings. The number of aromatic amines is 1. The molecule has 0 amide bonds. The summed E-state index contributed by atoms with van der Waals surface area (Å²) in [5.74, 6) is 0.0289. The van der Waals surface area contributed by atoms with Crippen LogP contribution in [-0.2, 0) is 0 Å². The lowest BCUT2D eigenvalue weighted by atomic mass is 10.1. The first kappa shape index (κ1) is 14.6. The molecule has 3 N–H and O–H groups in total. The number of carbonyl (C=O) groups excluding carboxylic acids is 1. The highest BCUT2D eigenvalue weighted by atomic mass is 35.5. The first-order valence-electron chi connectivity index (χ1n) is 5.79. The molecule has 2 rings (SSSR count). The number of nitrogens with one attached hydrogen (secondary N) is 1.